The van der Waals surface area contributed by atoms with E-state index in [1.165, 1.54) is 13.8 Å². The maximum atomic E-state index is 14.2. The first kappa shape index (κ1) is 21.4. The second-order valence-corrected chi connectivity index (χ2v) is 7.14. The minimum atomic E-state index is -1.80. The third-order valence-corrected chi connectivity index (χ3v) is 4.84. The van der Waals surface area contributed by atoms with Crippen molar-refractivity contribution < 1.29 is 33.0 Å². The number of hydrogen-bond donors (Lipinski definition) is 2. The lowest BCUT2D eigenvalue weighted by molar-refractivity contribution is -0.132. The Labute approximate surface area is 171 Å². The van der Waals surface area contributed by atoms with Gasteiger partial charge in [0.05, 0.1) is 6.54 Å². The van der Waals surface area contributed by atoms with Crippen LogP contribution < -0.4 is 10.1 Å². The number of halogens is 2. The zero-order valence-electron chi connectivity index (χ0n) is 16.3. The van der Waals surface area contributed by atoms with E-state index in [1.807, 2.05) is 0 Å². The molecule has 2 N–H and O–H groups in total. The summed E-state index contributed by atoms with van der Waals surface area (Å²) in [6.45, 7) is 2.07. The molecule has 2 atom stereocenters. The second kappa shape index (κ2) is 8.19. The molecule has 2 aromatic carbocycles. The minimum Gasteiger partial charge on any atom is -0.491 e. The molecule has 0 aromatic heterocycles. The number of carbonyl (C=O) groups is 3. The van der Waals surface area contributed by atoms with Gasteiger partial charge < -0.3 is 15.2 Å². The molecule has 1 fully saturated rings. The predicted molar refractivity (Wildman–Crippen MR) is 102 cm³/mol. The van der Waals surface area contributed by atoms with Crippen molar-refractivity contribution in [1.29, 1.82) is 0 Å². The van der Waals surface area contributed by atoms with Crippen molar-refractivity contribution in [3.05, 3.63) is 65.2 Å². The summed E-state index contributed by atoms with van der Waals surface area (Å²) in [7, 11) is 0. The Morgan fingerprint density at radius 1 is 1.20 bits per heavy atom. The van der Waals surface area contributed by atoms with E-state index in [9.17, 15) is 28.3 Å². The van der Waals surface area contributed by atoms with E-state index < -0.39 is 41.8 Å². The summed E-state index contributed by atoms with van der Waals surface area (Å²) in [6, 6.07) is 8.05. The van der Waals surface area contributed by atoms with E-state index in [-0.39, 0.29) is 18.0 Å². The molecule has 30 heavy (non-hydrogen) atoms. The lowest BCUT2D eigenvalue weighted by atomic mass is 9.91. The van der Waals surface area contributed by atoms with Crippen molar-refractivity contribution in [1.82, 2.24) is 10.2 Å². The van der Waals surface area contributed by atoms with E-state index >= 15 is 0 Å². The lowest BCUT2D eigenvalue weighted by Crippen LogP contribution is -2.43. The Bertz CT molecular complexity index is 995. The van der Waals surface area contributed by atoms with Crippen LogP contribution in [0.5, 0.6) is 5.75 Å². The predicted octanol–water partition coefficient (Wildman–Crippen LogP) is 2.37. The van der Waals surface area contributed by atoms with Crippen molar-refractivity contribution in [2.75, 3.05) is 13.2 Å². The van der Waals surface area contributed by atoms with Gasteiger partial charge in [-0.15, -0.1) is 0 Å². The van der Waals surface area contributed by atoms with Gasteiger partial charge in [0.1, 0.15) is 35.6 Å². The average molecular weight is 418 g/mol. The first-order valence-electron chi connectivity index (χ1n) is 9.13. The Kier molecular flexibility index (Phi) is 5.84. The SMILES string of the molecule is CC(=O)c1ccc(OCC(O)CN2C(=O)NC(C)(c3cc(F)ccc3F)C2=O)cc1. The fourth-order valence-electron chi connectivity index (χ4n) is 3.17. The maximum absolute atomic E-state index is 14.2. The van der Waals surface area contributed by atoms with Gasteiger partial charge in [-0.25, -0.2) is 13.6 Å². The number of aliphatic hydroxyl groups excluding tert-OH is 1. The summed E-state index contributed by atoms with van der Waals surface area (Å²) in [5.41, 5.74) is -1.60. The molecule has 158 valence electrons. The van der Waals surface area contributed by atoms with Gasteiger partial charge in [0, 0.05) is 11.1 Å². The molecule has 1 saturated heterocycles. The smallest absolute Gasteiger partial charge is 0.325 e. The molecule has 0 aliphatic carbocycles. The monoisotopic (exact) mass is 418 g/mol. The van der Waals surface area contributed by atoms with E-state index in [4.69, 9.17) is 4.74 Å². The molecule has 1 aliphatic heterocycles. The van der Waals surface area contributed by atoms with Crippen molar-refractivity contribution >= 4 is 17.7 Å². The molecule has 0 saturated carbocycles. The summed E-state index contributed by atoms with van der Waals surface area (Å²) in [5.74, 6) is -2.12. The van der Waals surface area contributed by atoms with Crippen LogP contribution in [0.1, 0.15) is 29.8 Å². The third-order valence-electron chi connectivity index (χ3n) is 4.84. The van der Waals surface area contributed by atoms with E-state index in [0.717, 1.165) is 23.1 Å². The fourth-order valence-corrected chi connectivity index (χ4v) is 3.17. The zero-order valence-corrected chi connectivity index (χ0v) is 16.3. The van der Waals surface area contributed by atoms with Gasteiger partial charge >= 0.3 is 6.03 Å². The van der Waals surface area contributed by atoms with Gasteiger partial charge in [-0.1, -0.05) is 0 Å². The first-order valence-corrected chi connectivity index (χ1v) is 9.13. The number of Topliss-reactive ketones (excluding diaryl/α,β-unsaturated/α-hetero) is 1. The van der Waals surface area contributed by atoms with Crippen molar-refractivity contribution in [3.63, 3.8) is 0 Å². The standard InChI is InChI=1S/C21H20F2N2O5/c1-12(26)13-3-6-16(7-4-13)30-11-15(27)10-25-19(28)21(2,24-20(25)29)17-9-14(22)5-8-18(17)23/h3-9,15,27H,10-11H2,1-2H3,(H,24,29). The van der Waals surface area contributed by atoms with Crippen LogP contribution in [0, 0.1) is 11.6 Å². The minimum absolute atomic E-state index is 0.0991. The summed E-state index contributed by atoms with van der Waals surface area (Å²) < 4.78 is 33.1. The third kappa shape index (κ3) is 4.16. The summed E-state index contributed by atoms with van der Waals surface area (Å²) >= 11 is 0. The first-order chi connectivity index (χ1) is 14.1. The lowest BCUT2D eigenvalue weighted by Gasteiger charge is -2.23. The van der Waals surface area contributed by atoms with E-state index in [1.54, 1.807) is 24.3 Å². The number of benzene rings is 2. The largest absolute Gasteiger partial charge is 0.491 e. The molecular formula is C21H20F2N2O5. The molecule has 1 heterocycles. The fraction of sp³-hybridized carbons (Fsp3) is 0.286. The van der Waals surface area contributed by atoms with Crippen LogP contribution in [0.2, 0.25) is 0 Å². The van der Waals surface area contributed by atoms with Crippen LogP contribution in [0.15, 0.2) is 42.5 Å². The number of urea groups is 1. The Balaban J connectivity index is 1.66. The van der Waals surface area contributed by atoms with Crippen LogP contribution in [0.3, 0.4) is 0 Å². The molecule has 0 spiro atoms. The van der Waals surface area contributed by atoms with Crippen molar-refractivity contribution in [2.24, 2.45) is 0 Å². The van der Waals surface area contributed by atoms with E-state index in [2.05, 4.69) is 5.32 Å². The molecule has 0 radical (unpaired) electrons. The Hall–Kier alpha value is -3.33. The van der Waals surface area contributed by atoms with Crippen LogP contribution in [0.4, 0.5) is 13.6 Å². The number of aliphatic hydroxyl groups is 1. The van der Waals surface area contributed by atoms with Crippen molar-refractivity contribution in [3.8, 4) is 5.75 Å². The van der Waals surface area contributed by atoms with Crippen LogP contribution in [-0.2, 0) is 10.3 Å². The highest BCUT2D eigenvalue weighted by Crippen LogP contribution is 2.31. The molecule has 0 bridgehead atoms. The van der Waals surface area contributed by atoms with Crippen molar-refractivity contribution in [2.45, 2.75) is 25.5 Å². The molecular weight excluding hydrogens is 398 g/mol. The van der Waals surface area contributed by atoms with Gasteiger partial charge in [0.15, 0.2) is 5.78 Å². The van der Waals surface area contributed by atoms with Gasteiger partial charge in [-0.2, -0.15) is 0 Å². The topological polar surface area (TPSA) is 95.9 Å². The zero-order chi connectivity index (χ0) is 22.1. The number of ketones is 1. The number of ether oxygens (including phenoxy) is 1. The number of amides is 3. The Morgan fingerprint density at radius 2 is 1.87 bits per heavy atom. The number of hydrogen-bond acceptors (Lipinski definition) is 5. The number of rotatable bonds is 7. The number of nitrogens with one attached hydrogen (secondary N) is 1. The molecule has 7 nitrogen and oxygen atoms in total. The number of nitrogens with zero attached hydrogens (tertiary/aromatic N) is 1. The molecule has 1 aliphatic rings. The highest BCUT2D eigenvalue weighted by atomic mass is 19.1. The number of β-amino-alcohol motifs (C(OH)–C–C–N with tert-alkyl or cyclic N) is 1. The normalized spacial score (nSPS) is 19.6. The summed E-state index contributed by atoms with van der Waals surface area (Å²) in [5, 5.41) is 12.6. The Morgan fingerprint density at radius 3 is 2.50 bits per heavy atom. The summed E-state index contributed by atoms with van der Waals surface area (Å²) in [4.78, 5) is 37.1. The highest BCUT2D eigenvalue weighted by molar-refractivity contribution is 6.07. The van der Waals surface area contributed by atoms with Gasteiger partial charge in [0.25, 0.3) is 5.91 Å². The average Bonchev–Trinajstić information content (AvgIpc) is 2.92. The van der Waals surface area contributed by atoms with Crippen LogP contribution in [-0.4, -0.2) is 47.0 Å². The highest BCUT2D eigenvalue weighted by Gasteiger charge is 2.50. The second-order valence-electron chi connectivity index (χ2n) is 7.14. The summed E-state index contributed by atoms with van der Waals surface area (Å²) in [6.07, 6.45) is -1.23. The number of imide groups is 1. The molecule has 2 aromatic rings. The van der Waals surface area contributed by atoms with Gasteiger partial charge in [0.2, 0.25) is 0 Å². The molecule has 3 amide bonds. The number of carbonyl (C=O) groups excluding carboxylic acids is 3. The van der Waals surface area contributed by atoms with E-state index in [0.29, 0.717) is 11.3 Å². The maximum Gasteiger partial charge on any atom is 0.325 e. The van der Waals surface area contributed by atoms with Gasteiger partial charge in [-0.3, -0.25) is 14.5 Å². The van der Waals surface area contributed by atoms with Crippen LogP contribution >= 0.6 is 0 Å². The van der Waals surface area contributed by atoms with Gasteiger partial charge in [-0.05, 0) is 56.3 Å². The quantitative estimate of drug-likeness (QED) is 0.532. The van der Waals surface area contributed by atoms with Crippen LogP contribution in [0.25, 0.3) is 0 Å². The molecule has 2 unspecified atom stereocenters. The molecule has 9 heteroatoms. The molecule has 3 rings (SSSR count).